The van der Waals surface area contributed by atoms with Crippen LogP contribution in [-0.4, -0.2) is 53.7 Å². The van der Waals surface area contributed by atoms with Crippen LogP contribution in [0.1, 0.15) is 12.0 Å². The second-order valence-electron chi connectivity index (χ2n) is 4.46. The zero-order valence-electron chi connectivity index (χ0n) is 10.6. The van der Waals surface area contributed by atoms with Gasteiger partial charge in [0.15, 0.2) is 0 Å². The fourth-order valence-electron chi connectivity index (χ4n) is 2.17. The molecule has 1 aliphatic rings. The van der Waals surface area contributed by atoms with Crippen molar-refractivity contribution in [2.75, 3.05) is 37.6 Å². The van der Waals surface area contributed by atoms with Crippen LogP contribution in [-0.2, 0) is 4.79 Å². The number of pyridine rings is 1. The summed E-state index contributed by atoms with van der Waals surface area (Å²) >= 11 is 0. The number of nitrogens with zero attached hydrogens (tertiary/aromatic N) is 4. The molecule has 19 heavy (non-hydrogen) atoms. The van der Waals surface area contributed by atoms with E-state index < -0.39 is 5.97 Å². The summed E-state index contributed by atoms with van der Waals surface area (Å²) < 4.78 is 0. The Hall–Kier alpha value is -2.13. The van der Waals surface area contributed by atoms with Crippen LogP contribution in [0.5, 0.6) is 0 Å². The van der Waals surface area contributed by atoms with Crippen LogP contribution in [0.2, 0.25) is 0 Å². The van der Waals surface area contributed by atoms with Crippen molar-refractivity contribution in [3.63, 3.8) is 0 Å². The number of carbonyl (C=O) groups is 1. The highest BCUT2D eigenvalue weighted by atomic mass is 16.4. The summed E-state index contributed by atoms with van der Waals surface area (Å²) in [7, 11) is 0. The van der Waals surface area contributed by atoms with E-state index in [0.29, 0.717) is 12.1 Å². The van der Waals surface area contributed by atoms with Gasteiger partial charge in [-0.1, -0.05) is 0 Å². The monoisotopic (exact) mass is 260 g/mol. The molecule has 6 heteroatoms. The van der Waals surface area contributed by atoms with Gasteiger partial charge in [0, 0.05) is 38.9 Å². The normalized spacial score (nSPS) is 16.1. The lowest BCUT2D eigenvalue weighted by molar-refractivity contribution is -0.137. The second-order valence-corrected chi connectivity index (χ2v) is 4.46. The molecule has 100 valence electrons. The molecule has 1 fully saturated rings. The van der Waals surface area contributed by atoms with Crippen molar-refractivity contribution < 1.29 is 9.90 Å². The summed E-state index contributed by atoms with van der Waals surface area (Å²) in [6.45, 7) is 3.72. The van der Waals surface area contributed by atoms with E-state index in [1.54, 1.807) is 18.3 Å². The number of carboxylic acid groups (broad SMARTS) is 1. The number of piperazine rings is 1. The van der Waals surface area contributed by atoms with Crippen molar-refractivity contribution in [3.8, 4) is 6.07 Å². The molecule has 0 amide bonds. The molecular weight excluding hydrogens is 244 g/mol. The van der Waals surface area contributed by atoms with E-state index >= 15 is 0 Å². The Balaban J connectivity index is 1.93. The SMILES string of the molecule is N#Cc1cccnc1N1CCN(CCC(=O)O)CC1. The molecule has 1 aromatic heterocycles. The summed E-state index contributed by atoms with van der Waals surface area (Å²) in [5.41, 5.74) is 0.585. The van der Waals surface area contributed by atoms with E-state index in [4.69, 9.17) is 10.4 Å². The smallest absolute Gasteiger partial charge is 0.304 e. The number of aromatic nitrogens is 1. The summed E-state index contributed by atoms with van der Waals surface area (Å²) in [6, 6.07) is 5.67. The fraction of sp³-hybridized carbons (Fsp3) is 0.462. The Kier molecular flexibility index (Phi) is 4.31. The Bertz CT molecular complexity index is 490. The molecule has 1 saturated heterocycles. The van der Waals surface area contributed by atoms with E-state index in [1.807, 2.05) is 0 Å². The number of nitriles is 1. The highest BCUT2D eigenvalue weighted by Gasteiger charge is 2.20. The van der Waals surface area contributed by atoms with Crippen molar-refractivity contribution >= 4 is 11.8 Å². The maximum absolute atomic E-state index is 10.5. The molecule has 1 aliphatic heterocycles. The summed E-state index contributed by atoms with van der Waals surface area (Å²) in [6.07, 6.45) is 1.86. The standard InChI is InChI=1S/C13H16N4O2/c14-10-11-2-1-4-15-13(11)17-8-6-16(7-9-17)5-3-12(18)19/h1-2,4H,3,5-9H2,(H,18,19). The third-order valence-corrected chi connectivity index (χ3v) is 3.22. The number of anilines is 1. The van der Waals surface area contributed by atoms with Crippen LogP contribution in [0.3, 0.4) is 0 Å². The van der Waals surface area contributed by atoms with Crippen LogP contribution in [0, 0.1) is 11.3 Å². The lowest BCUT2D eigenvalue weighted by Crippen LogP contribution is -2.47. The number of hydrogen-bond acceptors (Lipinski definition) is 5. The minimum Gasteiger partial charge on any atom is -0.481 e. The molecule has 2 rings (SSSR count). The van der Waals surface area contributed by atoms with E-state index in [-0.39, 0.29) is 6.42 Å². The van der Waals surface area contributed by atoms with Gasteiger partial charge in [0.05, 0.1) is 12.0 Å². The van der Waals surface area contributed by atoms with Crippen molar-refractivity contribution in [3.05, 3.63) is 23.9 Å². The first kappa shape index (κ1) is 13.3. The number of aliphatic carboxylic acids is 1. The Morgan fingerprint density at radius 1 is 1.42 bits per heavy atom. The first-order chi connectivity index (χ1) is 9.20. The largest absolute Gasteiger partial charge is 0.481 e. The number of rotatable bonds is 4. The molecular formula is C13H16N4O2. The zero-order chi connectivity index (χ0) is 13.7. The van der Waals surface area contributed by atoms with Crippen molar-refractivity contribution in [1.29, 1.82) is 5.26 Å². The molecule has 0 atom stereocenters. The molecule has 0 saturated carbocycles. The average Bonchev–Trinajstić information content (AvgIpc) is 2.45. The van der Waals surface area contributed by atoms with Gasteiger partial charge < -0.3 is 10.0 Å². The van der Waals surface area contributed by atoms with Crippen molar-refractivity contribution in [2.45, 2.75) is 6.42 Å². The first-order valence-electron chi connectivity index (χ1n) is 6.25. The quantitative estimate of drug-likeness (QED) is 0.851. The minimum absolute atomic E-state index is 0.174. The predicted octanol–water partition coefficient (Wildman–Crippen LogP) is 0.550. The first-order valence-corrected chi connectivity index (χ1v) is 6.25. The van der Waals surface area contributed by atoms with Crippen LogP contribution in [0.15, 0.2) is 18.3 Å². The van der Waals surface area contributed by atoms with Crippen LogP contribution in [0.4, 0.5) is 5.82 Å². The molecule has 0 bridgehead atoms. The zero-order valence-corrected chi connectivity index (χ0v) is 10.6. The van der Waals surface area contributed by atoms with E-state index in [1.165, 1.54) is 0 Å². The van der Waals surface area contributed by atoms with Gasteiger partial charge in [-0.3, -0.25) is 9.69 Å². The highest BCUT2D eigenvalue weighted by molar-refractivity contribution is 5.66. The van der Waals surface area contributed by atoms with Gasteiger partial charge in [0.1, 0.15) is 11.9 Å². The van der Waals surface area contributed by atoms with Crippen LogP contribution in [0.25, 0.3) is 0 Å². The van der Waals surface area contributed by atoms with Crippen LogP contribution < -0.4 is 4.90 Å². The number of hydrogen-bond donors (Lipinski definition) is 1. The number of carboxylic acids is 1. The fourth-order valence-corrected chi connectivity index (χ4v) is 2.17. The predicted molar refractivity (Wildman–Crippen MR) is 69.9 cm³/mol. The topological polar surface area (TPSA) is 80.5 Å². The minimum atomic E-state index is -0.765. The summed E-state index contributed by atoms with van der Waals surface area (Å²) in [4.78, 5) is 19.0. The van der Waals surface area contributed by atoms with E-state index in [0.717, 1.165) is 32.0 Å². The van der Waals surface area contributed by atoms with E-state index in [2.05, 4.69) is 20.9 Å². The van der Waals surface area contributed by atoms with Gasteiger partial charge in [-0.25, -0.2) is 4.98 Å². The molecule has 0 aromatic carbocycles. The second kappa shape index (κ2) is 6.16. The molecule has 0 unspecified atom stereocenters. The molecule has 1 aromatic rings. The van der Waals surface area contributed by atoms with Gasteiger partial charge in [-0.15, -0.1) is 0 Å². The Labute approximate surface area is 111 Å². The average molecular weight is 260 g/mol. The van der Waals surface area contributed by atoms with E-state index in [9.17, 15) is 4.79 Å². The third-order valence-electron chi connectivity index (χ3n) is 3.22. The van der Waals surface area contributed by atoms with Crippen LogP contribution >= 0.6 is 0 Å². The van der Waals surface area contributed by atoms with Crippen molar-refractivity contribution in [2.24, 2.45) is 0 Å². The molecule has 1 N–H and O–H groups in total. The third kappa shape index (κ3) is 3.42. The van der Waals surface area contributed by atoms with Gasteiger partial charge in [-0.2, -0.15) is 5.26 Å². The van der Waals surface area contributed by atoms with Gasteiger partial charge in [0.2, 0.25) is 0 Å². The molecule has 6 nitrogen and oxygen atoms in total. The summed E-state index contributed by atoms with van der Waals surface area (Å²) in [5, 5.41) is 17.7. The Morgan fingerprint density at radius 3 is 2.79 bits per heavy atom. The maximum Gasteiger partial charge on any atom is 0.304 e. The van der Waals surface area contributed by atoms with Gasteiger partial charge >= 0.3 is 5.97 Å². The van der Waals surface area contributed by atoms with Gasteiger partial charge in [0.25, 0.3) is 0 Å². The van der Waals surface area contributed by atoms with Crippen molar-refractivity contribution in [1.82, 2.24) is 9.88 Å². The maximum atomic E-state index is 10.5. The summed E-state index contributed by atoms with van der Waals surface area (Å²) in [5.74, 6) is -0.0400. The molecule has 2 heterocycles. The molecule has 0 spiro atoms. The lowest BCUT2D eigenvalue weighted by atomic mass is 10.2. The molecule has 0 radical (unpaired) electrons. The van der Waals surface area contributed by atoms with Gasteiger partial charge in [-0.05, 0) is 12.1 Å². The molecule has 0 aliphatic carbocycles. The Morgan fingerprint density at radius 2 is 2.16 bits per heavy atom. The lowest BCUT2D eigenvalue weighted by Gasteiger charge is -2.35. The highest BCUT2D eigenvalue weighted by Crippen LogP contribution is 2.17.